The number of carbonyl (C=O) groups is 1. The number of benzene rings is 1. The van der Waals surface area contributed by atoms with Crippen LogP contribution >= 0.6 is 0 Å². The molecule has 0 aliphatic heterocycles. The number of nitrogens with one attached hydrogen (secondary N) is 1. The maximum atomic E-state index is 11.0. The number of carboxylic acid groups (broad SMARTS) is 1. The van der Waals surface area contributed by atoms with Crippen LogP contribution < -0.4 is 4.74 Å². The third-order valence-electron chi connectivity index (χ3n) is 3.46. The molecule has 2 N–H and O–H groups in total. The molecule has 0 saturated carbocycles. The molecule has 0 bridgehead atoms. The van der Waals surface area contributed by atoms with Gasteiger partial charge in [-0.25, -0.2) is 4.79 Å². The Morgan fingerprint density at radius 2 is 1.87 bits per heavy atom. The molecule has 0 saturated heterocycles. The number of H-pyrrole nitrogens is 1. The summed E-state index contributed by atoms with van der Waals surface area (Å²) in [6.45, 7) is 10.7. The van der Waals surface area contributed by atoms with Gasteiger partial charge in [-0.15, -0.1) is 0 Å². The van der Waals surface area contributed by atoms with Crippen molar-refractivity contribution in [3.05, 3.63) is 30.0 Å². The van der Waals surface area contributed by atoms with Crippen molar-refractivity contribution in [3.63, 3.8) is 0 Å². The molecule has 0 unspecified atom stereocenters. The summed E-state index contributed by atoms with van der Waals surface area (Å²) >= 11 is 0. The topological polar surface area (TPSA) is 71.5 Å². The van der Waals surface area contributed by atoms with Crippen LogP contribution in [0, 0.1) is 0 Å². The monoisotopic (exact) mass is 319 g/mol. The second-order valence-corrected chi connectivity index (χ2v) is 7.31. The molecule has 1 aromatic carbocycles. The summed E-state index contributed by atoms with van der Waals surface area (Å²) in [6.07, 6.45) is 0.760. The standard InChI is InChI=1S/C18H25NO4/c1-17(2,3)22-9-8-18(4,5)23-13-6-7-14-12(10-13)11-15(19-14)16(20)21/h6-7,10-11,19H,8-9H2,1-5H3,(H,20,21). The van der Waals surface area contributed by atoms with Gasteiger partial charge in [0.1, 0.15) is 17.0 Å². The van der Waals surface area contributed by atoms with Gasteiger partial charge in [-0.2, -0.15) is 0 Å². The maximum absolute atomic E-state index is 11.0. The van der Waals surface area contributed by atoms with E-state index in [0.29, 0.717) is 12.4 Å². The maximum Gasteiger partial charge on any atom is 0.352 e. The lowest BCUT2D eigenvalue weighted by molar-refractivity contribution is -0.0292. The SMILES string of the molecule is CC(C)(C)OCCC(C)(C)Oc1ccc2[nH]c(C(=O)O)cc2c1. The van der Waals surface area contributed by atoms with Gasteiger partial charge in [0.15, 0.2) is 0 Å². The molecule has 2 rings (SSSR count). The Kier molecular flexibility index (Phi) is 4.71. The van der Waals surface area contributed by atoms with Crippen LogP contribution in [0.2, 0.25) is 0 Å². The van der Waals surface area contributed by atoms with E-state index in [-0.39, 0.29) is 16.9 Å². The third-order valence-corrected chi connectivity index (χ3v) is 3.46. The number of hydrogen-bond donors (Lipinski definition) is 2. The van der Waals surface area contributed by atoms with Gasteiger partial charge in [0.05, 0.1) is 12.2 Å². The second kappa shape index (κ2) is 6.24. The molecule has 0 fully saturated rings. The van der Waals surface area contributed by atoms with Gasteiger partial charge in [0.2, 0.25) is 0 Å². The number of aromatic carboxylic acids is 1. The average Bonchev–Trinajstić information content (AvgIpc) is 2.79. The van der Waals surface area contributed by atoms with Crippen molar-refractivity contribution in [2.24, 2.45) is 0 Å². The highest BCUT2D eigenvalue weighted by Crippen LogP contribution is 2.26. The van der Waals surface area contributed by atoms with E-state index >= 15 is 0 Å². The number of aromatic nitrogens is 1. The number of hydrogen-bond acceptors (Lipinski definition) is 3. The Labute approximate surface area is 136 Å². The highest BCUT2D eigenvalue weighted by molar-refractivity contribution is 5.94. The van der Waals surface area contributed by atoms with Gasteiger partial charge in [0, 0.05) is 17.3 Å². The van der Waals surface area contributed by atoms with Crippen molar-refractivity contribution in [1.82, 2.24) is 4.98 Å². The molecule has 0 aliphatic rings. The first-order chi connectivity index (χ1) is 10.6. The Morgan fingerprint density at radius 3 is 2.48 bits per heavy atom. The zero-order valence-electron chi connectivity index (χ0n) is 14.4. The van der Waals surface area contributed by atoms with Crippen LogP contribution in [0.15, 0.2) is 24.3 Å². The first-order valence-electron chi connectivity index (χ1n) is 7.75. The summed E-state index contributed by atoms with van der Waals surface area (Å²) in [5.41, 5.74) is 0.427. The van der Waals surface area contributed by atoms with Crippen LogP contribution in [-0.2, 0) is 4.74 Å². The van der Waals surface area contributed by atoms with Crippen molar-refractivity contribution in [1.29, 1.82) is 0 Å². The molecular weight excluding hydrogens is 294 g/mol. The molecular formula is C18H25NO4. The lowest BCUT2D eigenvalue weighted by atomic mass is 10.1. The minimum atomic E-state index is -0.969. The predicted octanol–water partition coefficient (Wildman–Crippen LogP) is 4.23. The second-order valence-electron chi connectivity index (χ2n) is 7.31. The molecule has 126 valence electrons. The Bertz CT molecular complexity index is 695. The molecule has 2 aromatic rings. The molecule has 1 heterocycles. The fourth-order valence-electron chi connectivity index (χ4n) is 2.26. The molecule has 0 radical (unpaired) electrons. The van der Waals surface area contributed by atoms with E-state index in [1.165, 1.54) is 0 Å². The van der Waals surface area contributed by atoms with Crippen molar-refractivity contribution in [2.45, 2.75) is 52.2 Å². The van der Waals surface area contributed by atoms with Gasteiger partial charge in [-0.05, 0) is 58.9 Å². The number of aromatic amines is 1. The molecule has 0 atom stereocenters. The van der Waals surface area contributed by atoms with Gasteiger partial charge >= 0.3 is 5.97 Å². The summed E-state index contributed by atoms with van der Waals surface area (Å²) < 4.78 is 11.8. The quantitative estimate of drug-likeness (QED) is 0.836. The van der Waals surface area contributed by atoms with Crippen LogP contribution in [0.5, 0.6) is 5.75 Å². The Balaban J connectivity index is 2.06. The third kappa shape index (κ3) is 4.99. The summed E-state index contributed by atoms with van der Waals surface area (Å²) in [7, 11) is 0. The Hall–Kier alpha value is -2.01. The first kappa shape index (κ1) is 17.3. The molecule has 5 nitrogen and oxygen atoms in total. The average molecular weight is 319 g/mol. The van der Waals surface area contributed by atoms with E-state index in [1.54, 1.807) is 6.07 Å². The van der Waals surface area contributed by atoms with E-state index in [1.807, 2.05) is 52.8 Å². The molecule has 5 heteroatoms. The summed E-state index contributed by atoms with van der Waals surface area (Å²) in [5, 5.41) is 9.85. The molecule has 0 aliphatic carbocycles. The lowest BCUT2D eigenvalue weighted by Gasteiger charge is -2.28. The first-order valence-corrected chi connectivity index (χ1v) is 7.75. The van der Waals surface area contributed by atoms with Crippen LogP contribution in [0.25, 0.3) is 10.9 Å². The predicted molar refractivity (Wildman–Crippen MR) is 90.3 cm³/mol. The van der Waals surface area contributed by atoms with Crippen molar-refractivity contribution in [3.8, 4) is 5.75 Å². The van der Waals surface area contributed by atoms with Crippen LogP contribution in [0.4, 0.5) is 0 Å². The van der Waals surface area contributed by atoms with Gasteiger partial charge in [0.25, 0.3) is 0 Å². The van der Waals surface area contributed by atoms with E-state index in [0.717, 1.165) is 17.3 Å². The molecule has 0 amide bonds. The van der Waals surface area contributed by atoms with Crippen LogP contribution in [0.3, 0.4) is 0 Å². The minimum absolute atomic E-state index is 0.159. The van der Waals surface area contributed by atoms with Crippen molar-refractivity contribution in [2.75, 3.05) is 6.61 Å². The van der Waals surface area contributed by atoms with Crippen molar-refractivity contribution >= 4 is 16.9 Å². The zero-order valence-corrected chi connectivity index (χ0v) is 14.4. The fourth-order valence-corrected chi connectivity index (χ4v) is 2.26. The highest BCUT2D eigenvalue weighted by atomic mass is 16.5. The number of rotatable bonds is 6. The summed E-state index contributed by atoms with van der Waals surface area (Å²) in [6, 6.07) is 7.14. The van der Waals surface area contributed by atoms with E-state index in [9.17, 15) is 4.79 Å². The fraction of sp³-hybridized carbons (Fsp3) is 0.500. The van der Waals surface area contributed by atoms with Crippen LogP contribution in [0.1, 0.15) is 51.5 Å². The smallest absolute Gasteiger partial charge is 0.352 e. The summed E-state index contributed by atoms with van der Waals surface area (Å²) in [5.74, 6) is -0.252. The highest BCUT2D eigenvalue weighted by Gasteiger charge is 2.22. The lowest BCUT2D eigenvalue weighted by Crippen LogP contribution is -2.31. The van der Waals surface area contributed by atoms with E-state index < -0.39 is 5.97 Å². The van der Waals surface area contributed by atoms with Gasteiger partial charge < -0.3 is 19.6 Å². The molecule has 23 heavy (non-hydrogen) atoms. The van der Waals surface area contributed by atoms with E-state index in [2.05, 4.69) is 4.98 Å². The van der Waals surface area contributed by atoms with Gasteiger partial charge in [-0.1, -0.05) is 0 Å². The normalized spacial score (nSPS) is 12.6. The zero-order chi connectivity index (χ0) is 17.3. The minimum Gasteiger partial charge on any atom is -0.488 e. The number of fused-ring (bicyclic) bond motifs is 1. The van der Waals surface area contributed by atoms with Gasteiger partial charge in [-0.3, -0.25) is 0 Å². The summed E-state index contributed by atoms with van der Waals surface area (Å²) in [4.78, 5) is 13.9. The molecule has 0 spiro atoms. The number of carboxylic acids is 1. The molecule has 1 aromatic heterocycles. The van der Waals surface area contributed by atoms with Crippen molar-refractivity contribution < 1.29 is 19.4 Å². The number of ether oxygens (including phenoxy) is 2. The Morgan fingerprint density at radius 1 is 1.17 bits per heavy atom. The van der Waals surface area contributed by atoms with Crippen LogP contribution in [-0.4, -0.2) is 33.9 Å². The largest absolute Gasteiger partial charge is 0.488 e. The van der Waals surface area contributed by atoms with E-state index in [4.69, 9.17) is 14.6 Å².